The monoisotopic (exact) mass is 270 g/mol. The van der Waals surface area contributed by atoms with Crippen LogP contribution in [0.4, 0.5) is 10.9 Å². The van der Waals surface area contributed by atoms with E-state index < -0.39 is 0 Å². The van der Waals surface area contributed by atoms with Gasteiger partial charge in [-0.25, -0.2) is 4.98 Å². The number of nitrogens with zero attached hydrogens (tertiary/aromatic N) is 2. The van der Waals surface area contributed by atoms with Crippen molar-refractivity contribution in [2.45, 2.75) is 39.7 Å². The Morgan fingerprint density at radius 1 is 1.44 bits per heavy atom. The molecule has 0 atom stereocenters. The Hall–Kier alpha value is -1.30. The first-order valence-electron chi connectivity index (χ1n) is 6.32. The van der Waals surface area contributed by atoms with Crippen LogP contribution >= 0.6 is 11.3 Å². The maximum atomic E-state index is 12.3. The van der Waals surface area contributed by atoms with Gasteiger partial charge >= 0.3 is 0 Å². The van der Waals surface area contributed by atoms with Gasteiger partial charge in [0.1, 0.15) is 10.7 Å². The van der Waals surface area contributed by atoms with Gasteiger partial charge in [-0.1, -0.05) is 25.2 Å². The highest BCUT2D eigenvalue weighted by Crippen LogP contribution is 2.26. The summed E-state index contributed by atoms with van der Waals surface area (Å²) in [6.45, 7) is 6.91. The molecule has 0 saturated heterocycles. The fourth-order valence-electron chi connectivity index (χ4n) is 1.87. The Morgan fingerprint density at radius 2 is 2.06 bits per heavy atom. The second kappa shape index (κ2) is 6.58. The summed E-state index contributed by atoms with van der Waals surface area (Å²) in [7, 11) is 1.83. The van der Waals surface area contributed by atoms with Crippen molar-refractivity contribution in [3.8, 4) is 0 Å². The van der Waals surface area contributed by atoms with E-state index in [9.17, 15) is 4.79 Å². The van der Waals surface area contributed by atoms with E-state index in [0.717, 1.165) is 19.4 Å². The minimum absolute atomic E-state index is 0.0390. The zero-order valence-corrected chi connectivity index (χ0v) is 12.3. The molecule has 0 saturated carbocycles. The lowest BCUT2D eigenvalue weighted by Crippen LogP contribution is -2.36. The number of carbonyl (C=O) groups is 1. The molecule has 1 heterocycles. The van der Waals surface area contributed by atoms with Crippen molar-refractivity contribution in [3.63, 3.8) is 0 Å². The van der Waals surface area contributed by atoms with Crippen LogP contribution in [0.25, 0.3) is 0 Å². The molecular weight excluding hydrogens is 248 g/mol. The van der Waals surface area contributed by atoms with E-state index in [4.69, 9.17) is 5.73 Å². The summed E-state index contributed by atoms with van der Waals surface area (Å²) in [5.41, 5.74) is 5.81. The largest absolute Gasteiger partial charge is 0.382 e. The maximum absolute atomic E-state index is 12.3. The molecule has 0 radical (unpaired) electrons. The molecule has 0 aromatic carbocycles. The normalized spacial score (nSPS) is 10.7. The Kier molecular flexibility index (Phi) is 5.40. The van der Waals surface area contributed by atoms with Crippen molar-refractivity contribution in [2.75, 3.05) is 24.6 Å². The highest BCUT2D eigenvalue weighted by molar-refractivity contribution is 7.18. The molecule has 0 aliphatic carbocycles. The van der Waals surface area contributed by atoms with Crippen LogP contribution in [0.1, 0.15) is 43.3 Å². The van der Waals surface area contributed by atoms with E-state index >= 15 is 0 Å². The van der Waals surface area contributed by atoms with Crippen LogP contribution < -0.4 is 11.1 Å². The number of amides is 1. The lowest BCUT2D eigenvalue weighted by molar-refractivity contribution is 0.0729. The highest BCUT2D eigenvalue weighted by atomic mass is 32.1. The van der Waals surface area contributed by atoms with E-state index in [2.05, 4.69) is 24.1 Å². The maximum Gasteiger partial charge on any atom is 0.267 e. The molecule has 18 heavy (non-hydrogen) atoms. The molecule has 0 bridgehead atoms. The molecule has 3 N–H and O–H groups in total. The average Bonchev–Trinajstić information content (AvgIpc) is 2.71. The number of rotatable bonds is 6. The number of nitrogens with two attached hydrogens (primary N) is 1. The van der Waals surface area contributed by atoms with Crippen LogP contribution in [0.3, 0.4) is 0 Å². The van der Waals surface area contributed by atoms with Gasteiger partial charge < -0.3 is 16.0 Å². The zero-order chi connectivity index (χ0) is 13.7. The van der Waals surface area contributed by atoms with Crippen LogP contribution in [0, 0.1) is 0 Å². The molecule has 5 nitrogen and oxygen atoms in total. The first kappa shape index (κ1) is 14.8. The second-order valence-corrected chi connectivity index (χ2v) is 5.15. The number of anilines is 2. The molecular formula is C12H22N4OS. The fourth-order valence-corrected chi connectivity index (χ4v) is 2.81. The van der Waals surface area contributed by atoms with Gasteiger partial charge in [-0.05, 0) is 19.8 Å². The minimum atomic E-state index is -0.0390. The summed E-state index contributed by atoms with van der Waals surface area (Å²) < 4.78 is 0. The van der Waals surface area contributed by atoms with E-state index in [1.807, 2.05) is 14.0 Å². The van der Waals surface area contributed by atoms with Crippen LogP contribution in [0.15, 0.2) is 0 Å². The Morgan fingerprint density at radius 3 is 2.56 bits per heavy atom. The van der Waals surface area contributed by atoms with Gasteiger partial charge in [0.2, 0.25) is 0 Å². The van der Waals surface area contributed by atoms with Crippen molar-refractivity contribution in [1.82, 2.24) is 9.88 Å². The average molecular weight is 270 g/mol. The summed E-state index contributed by atoms with van der Waals surface area (Å²) in [6.07, 6.45) is 1.88. The van der Waals surface area contributed by atoms with Gasteiger partial charge in [0.05, 0.1) is 0 Å². The van der Waals surface area contributed by atoms with Gasteiger partial charge in [0, 0.05) is 19.6 Å². The molecule has 0 spiro atoms. The second-order valence-electron chi connectivity index (χ2n) is 4.15. The number of hydrogen-bond acceptors (Lipinski definition) is 5. The molecule has 0 aliphatic rings. The standard InChI is InChI=1S/C12H22N4OS/c1-5-8(6-2)16(4)11(17)9-10(13)15-12(18-9)14-7-3/h8H,5-7,13H2,1-4H3,(H,14,15). The smallest absolute Gasteiger partial charge is 0.267 e. The number of thiazole rings is 1. The highest BCUT2D eigenvalue weighted by Gasteiger charge is 2.23. The van der Waals surface area contributed by atoms with Crippen molar-refractivity contribution in [1.29, 1.82) is 0 Å². The zero-order valence-electron chi connectivity index (χ0n) is 11.5. The third kappa shape index (κ3) is 3.13. The number of carbonyl (C=O) groups excluding carboxylic acids is 1. The molecule has 1 aromatic rings. The number of hydrogen-bond donors (Lipinski definition) is 2. The van der Waals surface area contributed by atoms with Gasteiger partial charge in [0.15, 0.2) is 5.13 Å². The summed E-state index contributed by atoms with van der Waals surface area (Å²) in [6, 6.07) is 0.251. The lowest BCUT2D eigenvalue weighted by Gasteiger charge is -2.25. The van der Waals surface area contributed by atoms with Crippen molar-refractivity contribution in [3.05, 3.63) is 4.88 Å². The molecule has 1 aromatic heterocycles. The molecule has 6 heteroatoms. The van der Waals surface area contributed by atoms with E-state index in [0.29, 0.717) is 15.8 Å². The summed E-state index contributed by atoms with van der Waals surface area (Å²) in [5.74, 6) is 0.279. The van der Waals surface area contributed by atoms with Crippen molar-refractivity contribution < 1.29 is 4.79 Å². The first-order valence-corrected chi connectivity index (χ1v) is 7.14. The molecule has 1 rings (SSSR count). The molecule has 1 amide bonds. The topological polar surface area (TPSA) is 71.2 Å². The van der Waals surface area contributed by atoms with Gasteiger partial charge in [-0.3, -0.25) is 4.79 Å². The van der Waals surface area contributed by atoms with Crippen LogP contribution in [-0.2, 0) is 0 Å². The van der Waals surface area contributed by atoms with Crippen molar-refractivity contribution in [2.24, 2.45) is 0 Å². The third-order valence-electron chi connectivity index (χ3n) is 2.99. The van der Waals surface area contributed by atoms with Gasteiger partial charge in [-0.15, -0.1) is 0 Å². The van der Waals surface area contributed by atoms with E-state index in [1.165, 1.54) is 11.3 Å². The van der Waals surface area contributed by atoms with E-state index in [-0.39, 0.29) is 11.9 Å². The fraction of sp³-hybridized carbons (Fsp3) is 0.667. The van der Waals surface area contributed by atoms with E-state index in [1.54, 1.807) is 4.90 Å². The Labute approximate surface area is 112 Å². The Balaban J connectivity index is 2.89. The number of aromatic nitrogens is 1. The number of nitrogen functional groups attached to an aromatic ring is 1. The predicted molar refractivity (Wildman–Crippen MR) is 77.2 cm³/mol. The molecule has 0 unspecified atom stereocenters. The summed E-state index contributed by atoms with van der Waals surface area (Å²) >= 11 is 1.32. The van der Waals surface area contributed by atoms with Crippen molar-refractivity contribution >= 4 is 28.2 Å². The predicted octanol–water partition coefficient (Wildman–Crippen LogP) is 2.42. The third-order valence-corrected chi connectivity index (χ3v) is 4.00. The van der Waals surface area contributed by atoms with Crippen LogP contribution in [0.2, 0.25) is 0 Å². The van der Waals surface area contributed by atoms with Gasteiger partial charge in [-0.2, -0.15) is 0 Å². The van der Waals surface area contributed by atoms with Crippen LogP contribution in [-0.4, -0.2) is 35.4 Å². The Bertz CT molecular complexity index is 401. The lowest BCUT2D eigenvalue weighted by atomic mass is 10.1. The molecule has 0 aliphatic heterocycles. The molecule has 102 valence electrons. The van der Waals surface area contributed by atoms with Gasteiger partial charge in [0.25, 0.3) is 5.91 Å². The first-order chi connectivity index (χ1) is 8.54. The SMILES string of the molecule is CCNc1nc(N)c(C(=O)N(C)C(CC)CC)s1. The molecule has 0 fully saturated rings. The van der Waals surface area contributed by atoms with Crippen LogP contribution in [0.5, 0.6) is 0 Å². The summed E-state index contributed by atoms with van der Waals surface area (Å²) in [4.78, 5) is 18.8. The summed E-state index contributed by atoms with van der Waals surface area (Å²) in [5, 5.41) is 3.78. The quantitative estimate of drug-likeness (QED) is 0.832. The number of nitrogens with one attached hydrogen (secondary N) is 1. The minimum Gasteiger partial charge on any atom is -0.382 e.